The summed E-state index contributed by atoms with van der Waals surface area (Å²) in [5, 5.41) is 11.5. The number of carbonyl (C=O) groups excluding carboxylic acids is 1. The number of hydrogen-bond acceptors (Lipinski definition) is 3. The molecule has 3 fully saturated rings. The molecule has 3 saturated carbocycles. The molecule has 4 aliphatic carbocycles. The number of aliphatic hydroxyl groups is 1. The topological polar surface area (TPSA) is 63.3 Å². The molecule has 0 amide bonds. The van der Waals surface area contributed by atoms with Crippen molar-refractivity contribution in [3.05, 3.63) is 11.6 Å². The van der Waals surface area contributed by atoms with Crippen LogP contribution in [0.2, 0.25) is 0 Å². The Morgan fingerprint density at radius 3 is 2.34 bits per heavy atom. The fourth-order valence-electron chi connectivity index (χ4n) is 10.9. The number of rotatable bonds is 11. The lowest BCUT2D eigenvalue weighted by Crippen LogP contribution is -3.00. The number of hydrogen-bond donors (Lipinski definition) is 2. The monoisotopic (exact) mass is 592 g/mol. The van der Waals surface area contributed by atoms with Crippen molar-refractivity contribution in [3.63, 3.8) is 0 Å². The first kappa shape index (κ1) is 35.1. The smallest absolute Gasteiger partial charge is 0.226 e. The van der Waals surface area contributed by atoms with Crippen molar-refractivity contribution < 1.29 is 26.8 Å². The number of likely N-dealkylation sites (N-methyl/N-ethyl adjacent to an activating group) is 1. The maximum absolute atomic E-state index is 13.8. The number of nitrogens with zero attached hydrogens (tertiary/aromatic N) is 1. The van der Waals surface area contributed by atoms with Crippen LogP contribution >= 0.6 is 0 Å². The zero-order valence-electron chi connectivity index (χ0n) is 28.1. The largest absolute Gasteiger partial charge is 1.00 e. The summed E-state index contributed by atoms with van der Waals surface area (Å²) in [5.74, 6) is 4.66. The van der Waals surface area contributed by atoms with E-state index in [2.05, 4.69) is 47.6 Å². The number of quaternary nitrogens is 1. The third-order valence-electron chi connectivity index (χ3n) is 13.1. The maximum atomic E-state index is 13.8. The number of ketones is 1. The molecule has 0 radical (unpaired) electrons. The Labute approximate surface area is 259 Å². The number of nitrogens with two attached hydrogens (primary N) is 1. The molecule has 0 spiro atoms. The van der Waals surface area contributed by atoms with E-state index in [1.165, 1.54) is 56.9 Å². The van der Waals surface area contributed by atoms with Gasteiger partial charge in [0.25, 0.3) is 0 Å². The quantitative estimate of drug-likeness (QED) is 0.207. The fourth-order valence-corrected chi connectivity index (χ4v) is 10.9. The van der Waals surface area contributed by atoms with Gasteiger partial charge < -0.3 is 22.0 Å². The minimum Gasteiger partial charge on any atom is -1.00 e. The third-order valence-corrected chi connectivity index (χ3v) is 13.1. The van der Waals surface area contributed by atoms with Crippen LogP contribution in [0, 0.1) is 52.3 Å². The van der Waals surface area contributed by atoms with Gasteiger partial charge in [0.05, 0.1) is 21.1 Å². The fraction of sp³-hybridized carbons (Fsp3) is 0.917. The van der Waals surface area contributed by atoms with Crippen molar-refractivity contribution >= 4 is 5.78 Å². The van der Waals surface area contributed by atoms with E-state index < -0.39 is 5.72 Å². The molecule has 0 heterocycles. The highest BCUT2D eigenvalue weighted by Gasteiger charge is 2.60. The van der Waals surface area contributed by atoms with Crippen LogP contribution in [0.3, 0.4) is 0 Å². The molecular weight excluding hydrogens is 528 g/mol. The van der Waals surface area contributed by atoms with Crippen molar-refractivity contribution in [2.24, 2.45) is 58.0 Å². The highest BCUT2D eigenvalue weighted by atomic mass is 35.5. The Kier molecular flexibility index (Phi) is 11.0. The van der Waals surface area contributed by atoms with E-state index >= 15 is 0 Å². The standard InChI is InChI=1S/C36H65N2O2.ClH/c1-10-12-32(38(7,8)9)36(37,40)33(39)26-19-21-34(5)27(23-26)15-16-28-30-18-17-29(25(4)14-11-13-24(2)3)35(30,6)22-20-31(28)34;/h15,24-26,28-32,40H,10-14,16-23,37H2,1-9H3;1H/q+1;/p-1/t25-,26+,28+,29-,30+,31+,32?,34+,35-,36?;/m1./s1. The molecule has 2 unspecified atom stereocenters. The Bertz CT molecular complexity index is 938. The van der Waals surface area contributed by atoms with Crippen LogP contribution in [0.25, 0.3) is 0 Å². The SMILES string of the molecule is CCCC(C(N)(O)C(=O)[C@H]1CC[C@@]2(C)C(=CC[C@H]3[C@@H]4CC[C@H]([C@H](C)CCCC(C)C)[C@@]4(C)CC[C@@H]32)C1)[N+](C)(C)C.[Cl-]. The summed E-state index contributed by atoms with van der Waals surface area (Å²) in [4.78, 5) is 13.8. The summed E-state index contributed by atoms with van der Waals surface area (Å²) >= 11 is 0. The number of Topliss-reactive ketones (excluding diaryl/α,β-unsaturated/α-hetero) is 1. The van der Waals surface area contributed by atoms with Gasteiger partial charge >= 0.3 is 0 Å². The molecule has 5 heteroatoms. The van der Waals surface area contributed by atoms with E-state index in [0.717, 1.165) is 67.6 Å². The number of fused-ring (bicyclic) bond motifs is 5. The third kappa shape index (κ3) is 6.52. The lowest BCUT2D eigenvalue weighted by Gasteiger charge is -2.58. The van der Waals surface area contributed by atoms with Gasteiger partial charge in [-0.15, -0.1) is 0 Å². The zero-order valence-corrected chi connectivity index (χ0v) is 28.9. The molecule has 0 aromatic carbocycles. The van der Waals surface area contributed by atoms with Crippen LogP contribution in [0.15, 0.2) is 11.6 Å². The molecule has 41 heavy (non-hydrogen) atoms. The number of halogens is 1. The van der Waals surface area contributed by atoms with Crippen molar-refractivity contribution in [1.29, 1.82) is 0 Å². The summed E-state index contributed by atoms with van der Waals surface area (Å²) < 4.78 is 0.501. The molecule has 0 bridgehead atoms. The Morgan fingerprint density at radius 2 is 1.73 bits per heavy atom. The van der Waals surface area contributed by atoms with Crippen LogP contribution in [0.1, 0.15) is 125 Å². The highest BCUT2D eigenvalue weighted by Crippen LogP contribution is 2.67. The minimum absolute atomic E-state index is 0. The first-order valence-electron chi connectivity index (χ1n) is 17.1. The molecule has 10 atom stereocenters. The van der Waals surface area contributed by atoms with Crippen molar-refractivity contribution in [2.75, 3.05) is 21.1 Å². The summed E-state index contributed by atoms with van der Waals surface area (Å²) in [6.45, 7) is 14.6. The van der Waals surface area contributed by atoms with Crippen molar-refractivity contribution in [2.45, 2.75) is 137 Å². The van der Waals surface area contributed by atoms with E-state index in [0.29, 0.717) is 9.90 Å². The Hall–Kier alpha value is -0.420. The lowest BCUT2D eigenvalue weighted by atomic mass is 9.46. The van der Waals surface area contributed by atoms with Gasteiger partial charge in [-0.05, 0) is 97.7 Å². The molecule has 4 nitrogen and oxygen atoms in total. The maximum Gasteiger partial charge on any atom is 0.226 e. The van der Waals surface area contributed by atoms with Gasteiger partial charge in [-0.25, -0.2) is 0 Å². The molecule has 4 rings (SSSR count). The number of carbonyl (C=O) groups is 1. The van der Waals surface area contributed by atoms with Gasteiger partial charge in [-0.3, -0.25) is 10.5 Å². The van der Waals surface area contributed by atoms with Gasteiger partial charge in [-0.2, -0.15) is 0 Å². The van der Waals surface area contributed by atoms with E-state index in [1.54, 1.807) is 0 Å². The summed E-state index contributed by atoms with van der Waals surface area (Å²) in [6.07, 6.45) is 17.9. The Balaban J connectivity index is 0.00000462. The first-order chi connectivity index (χ1) is 18.6. The molecule has 4 aliphatic rings. The van der Waals surface area contributed by atoms with Crippen LogP contribution < -0.4 is 18.1 Å². The van der Waals surface area contributed by atoms with Crippen molar-refractivity contribution in [3.8, 4) is 0 Å². The molecule has 3 N–H and O–H groups in total. The second-order valence-electron chi connectivity index (χ2n) is 16.8. The van der Waals surface area contributed by atoms with Crippen molar-refractivity contribution in [1.82, 2.24) is 0 Å². The van der Waals surface area contributed by atoms with E-state index in [-0.39, 0.29) is 35.6 Å². The highest BCUT2D eigenvalue weighted by molar-refractivity contribution is 5.89. The van der Waals surface area contributed by atoms with E-state index in [1.807, 2.05) is 21.1 Å². The van der Waals surface area contributed by atoms with Gasteiger partial charge in [0.15, 0.2) is 5.78 Å². The predicted octanol–water partition coefficient (Wildman–Crippen LogP) is 4.74. The predicted molar refractivity (Wildman–Crippen MR) is 167 cm³/mol. The van der Waals surface area contributed by atoms with E-state index in [9.17, 15) is 9.90 Å². The van der Waals surface area contributed by atoms with E-state index in [4.69, 9.17) is 5.73 Å². The molecule has 0 aromatic rings. The van der Waals surface area contributed by atoms with Gasteiger partial charge in [0.1, 0.15) is 6.04 Å². The second kappa shape index (κ2) is 12.9. The zero-order chi connectivity index (χ0) is 29.7. The van der Waals surface area contributed by atoms with Crippen LogP contribution in [0.4, 0.5) is 0 Å². The molecule has 238 valence electrons. The molecular formula is C36H65ClN2O2. The van der Waals surface area contributed by atoms with Crippen LogP contribution in [0.5, 0.6) is 0 Å². The summed E-state index contributed by atoms with van der Waals surface area (Å²) in [5.41, 5.74) is 6.98. The van der Waals surface area contributed by atoms with Crippen LogP contribution in [-0.2, 0) is 4.79 Å². The van der Waals surface area contributed by atoms with Gasteiger partial charge in [0.2, 0.25) is 5.72 Å². The van der Waals surface area contributed by atoms with Gasteiger partial charge in [0, 0.05) is 12.3 Å². The average molecular weight is 593 g/mol. The second-order valence-corrected chi connectivity index (χ2v) is 16.8. The van der Waals surface area contributed by atoms with Gasteiger partial charge in [-0.1, -0.05) is 78.9 Å². The molecule has 0 saturated heterocycles. The average Bonchev–Trinajstić information content (AvgIpc) is 3.22. The summed E-state index contributed by atoms with van der Waals surface area (Å²) in [6, 6.07) is -0.290. The summed E-state index contributed by atoms with van der Waals surface area (Å²) in [7, 11) is 6.14. The molecule has 0 aliphatic heterocycles. The number of allylic oxidation sites excluding steroid dienone is 2. The first-order valence-corrected chi connectivity index (χ1v) is 17.1. The lowest BCUT2D eigenvalue weighted by molar-refractivity contribution is -0.902. The minimum atomic E-state index is -1.78. The molecule has 0 aromatic heterocycles. The van der Waals surface area contributed by atoms with Crippen LogP contribution in [-0.4, -0.2) is 48.3 Å². The Morgan fingerprint density at radius 1 is 1.05 bits per heavy atom. The normalized spacial score (nSPS) is 38.0.